The molecule has 4 aromatic carbocycles. The highest BCUT2D eigenvalue weighted by molar-refractivity contribution is 5.88. The van der Waals surface area contributed by atoms with Crippen LogP contribution >= 0.6 is 0 Å². The second-order valence-corrected chi connectivity index (χ2v) is 8.13. The fourth-order valence-electron chi connectivity index (χ4n) is 4.76. The fourth-order valence-corrected chi connectivity index (χ4v) is 4.76. The van der Waals surface area contributed by atoms with Crippen LogP contribution in [0.25, 0.3) is 11.3 Å². The molecule has 5 rings (SSSR count). The predicted molar refractivity (Wildman–Crippen MR) is 132 cm³/mol. The third-order valence-electron chi connectivity index (χ3n) is 6.23. The maximum atomic E-state index is 11.8. The van der Waals surface area contributed by atoms with E-state index in [0.717, 1.165) is 39.8 Å². The highest BCUT2D eigenvalue weighted by Gasteiger charge is 2.38. The maximum Gasteiger partial charge on any atom is 0.150 e. The summed E-state index contributed by atoms with van der Waals surface area (Å²) in [4.78, 5) is 16.6. The largest absolute Gasteiger partial charge is 0.318 e. The monoisotopic (exact) mass is 428 g/mol. The summed E-state index contributed by atoms with van der Waals surface area (Å²) in [5, 5.41) is 0. The van der Waals surface area contributed by atoms with Gasteiger partial charge in [0, 0.05) is 17.3 Å². The Morgan fingerprint density at radius 3 is 1.70 bits per heavy atom. The van der Waals surface area contributed by atoms with Gasteiger partial charge in [0.25, 0.3) is 0 Å². The SMILES string of the molecule is Cc1cccc(C=O)c1-c1cn(C(c2ccccc2)(c2ccccc2)c2ccccc2)cn1. The molecule has 0 N–H and O–H groups in total. The number of carbonyl (C=O) groups excluding carboxylic acids is 1. The molecule has 160 valence electrons. The molecule has 0 atom stereocenters. The van der Waals surface area contributed by atoms with Gasteiger partial charge in [-0.3, -0.25) is 4.79 Å². The van der Waals surface area contributed by atoms with Gasteiger partial charge in [0.2, 0.25) is 0 Å². The van der Waals surface area contributed by atoms with Crippen LogP contribution in [-0.2, 0) is 5.54 Å². The Bertz CT molecular complexity index is 1280. The van der Waals surface area contributed by atoms with E-state index in [1.54, 1.807) is 0 Å². The fraction of sp³-hybridized carbons (Fsp3) is 0.0667. The summed E-state index contributed by atoms with van der Waals surface area (Å²) >= 11 is 0. The molecule has 3 heteroatoms. The molecule has 1 aromatic heterocycles. The molecule has 0 bridgehead atoms. The molecule has 0 aliphatic rings. The Morgan fingerprint density at radius 2 is 1.21 bits per heavy atom. The molecule has 0 fully saturated rings. The van der Waals surface area contributed by atoms with Crippen LogP contribution in [-0.4, -0.2) is 15.8 Å². The molecule has 0 amide bonds. The quantitative estimate of drug-likeness (QED) is 0.228. The summed E-state index contributed by atoms with van der Waals surface area (Å²) in [7, 11) is 0. The van der Waals surface area contributed by atoms with Gasteiger partial charge >= 0.3 is 0 Å². The number of hydrogen-bond acceptors (Lipinski definition) is 2. The maximum absolute atomic E-state index is 11.8. The second-order valence-electron chi connectivity index (χ2n) is 8.13. The normalized spacial score (nSPS) is 11.3. The van der Waals surface area contributed by atoms with E-state index >= 15 is 0 Å². The first-order valence-electron chi connectivity index (χ1n) is 11.0. The zero-order valence-corrected chi connectivity index (χ0v) is 18.4. The van der Waals surface area contributed by atoms with Crippen LogP contribution in [0.1, 0.15) is 32.6 Å². The Kier molecular flexibility index (Phi) is 5.45. The molecule has 0 radical (unpaired) electrons. The molecule has 1 heterocycles. The molecule has 0 aliphatic heterocycles. The van der Waals surface area contributed by atoms with E-state index in [9.17, 15) is 4.79 Å². The van der Waals surface area contributed by atoms with Crippen molar-refractivity contribution in [2.24, 2.45) is 0 Å². The van der Waals surface area contributed by atoms with Crippen molar-refractivity contribution in [3.05, 3.63) is 150 Å². The van der Waals surface area contributed by atoms with Gasteiger partial charge in [0.1, 0.15) is 5.54 Å². The topological polar surface area (TPSA) is 34.9 Å². The van der Waals surface area contributed by atoms with E-state index in [2.05, 4.69) is 83.6 Å². The lowest BCUT2D eigenvalue weighted by Gasteiger charge is -2.37. The Balaban J connectivity index is 1.83. The van der Waals surface area contributed by atoms with E-state index in [4.69, 9.17) is 4.98 Å². The van der Waals surface area contributed by atoms with Crippen LogP contribution in [0, 0.1) is 6.92 Å². The molecule has 0 aliphatic carbocycles. The van der Waals surface area contributed by atoms with Crippen LogP contribution in [0.5, 0.6) is 0 Å². The van der Waals surface area contributed by atoms with Crippen molar-refractivity contribution in [2.75, 3.05) is 0 Å². The van der Waals surface area contributed by atoms with Crippen LogP contribution in [0.4, 0.5) is 0 Å². The van der Waals surface area contributed by atoms with Crippen LogP contribution in [0.3, 0.4) is 0 Å². The molecule has 0 saturated carbocycles. The van der Waals surface area contributed by atoms with Crippen molar-refractivity contribution in [2.45, 2.75) is 12.5 Å². The summed E-state index contributed by atoms with van der Waals surface area (Å²) in [5.74, 6) is 0. The van der Waals surface area contributed by atoms with E-state index in [0.29, 0.717) is 5.56 Å². The predicted octanol–water partition coefficient (Wildman–Crippen LogP) is 6.51. The van der Waals surface area contributed by atoms with Crippen molar-refractivity contribution >= 4 is 6.29 Å². The van der Waals surface area contributed by atoms with Gasteiger partial charge in [-0.1, -0.05) is 109 Å². The summed E-state index contributed by atoms with van der Waals surface area (Å²) in [5.41, 5.74) is 6.08. The van der Waals surface area contributed by atoms with Gasteiger partial charge in [-0.2, -0.15) is 0 Å². The third kappa shape index (κ3) is 3.48. The smallest absolute Gasteiger partial charge is 0.150 e. The van der Waals surface area contributed by atoms with Crippen LogP contribution in [0.15, 0.2) is 122 Å². The van der Waals surface area contributed by atoms with Crippen molar-refractivity contribution in [1.29, 1.82) is 0 Å². The zero-order chi connectivity index (χ0) is 22.7. The number of aldehydes is 1. The van der Waals surface area contributed by atoms with Gasteiger partial charge in [0.15, 0.2) is 6.29 Å². The first-order valence-corrected chi connectivity index (χ1v) is 11.0. The summed E-state index contributed by atoms with van der Waals surface area (Å²) in [6.45, 7) is 2.01. The lowest BCUT2D eigenvalue weighted by Crippen LogP contribution is -2.36. The first kappa shape index (κ1) is 20.7. The van der Waals surface area contributed by atoms with Gasteiger partial charge in [0.05, 0.1) is 12.0 Å². The van der Waals surface area contributed by atoms with Gasteiger partial charge in [-0.05, 0) is 29.2 Å². The third-order valence-corrected chi connectivity index (χ3v) is 6.23. The Labute approximate surface area is 194 Å². The molecular formula is C30H24N2O. The number of aromatic nitrogens is 2. The first-order chi connectivity index (χ1) is 16.2. The lowest BCUT2D eigenvalue weighted by atomic mass is 9.76. The molecule has 3 nitrogen and oxygen atoms in total. The number of carbonyl (C=O) groups is 1. The van der Waals surface area contributed by atoms with E-state index in [1.165, 1.54) is 0 Å². The standard InChI is InChI=1S/C30H24N2O/c1-23-12-11-13-24(21-33)29(23)28-20-32(22-31-28)30(25-14-5-2-6-15-25,26-16-7-3-8-17-26)27-18-9-4-10-19-27/h2-22H,1H3. The number of hydrogen-bond donors (Lipinski definition) is 0. The number of rotatable bonds is 6. The Morgan fingerprint density at radius 1 is 0.697 bits per heavy atom. The van der Waals surface area contributed by atoms with E-state index in [-0.39, 0.29) is 0 Å². The minimum atomic E-state index is -0.626. The van der Waals surface area contributed by atoms with Gasteiger partial charge in [-0.15, -0.1) is 0 Å². The minimum Gasteiger partial charge on any atom is -0.318 e. The molecular weight excluding hydrogens is 404 g/mol. The molecule has 0 unspecified atom stereocenters. The average Bonchev–Trinajstić information content (AvgIpc) is 3.36. The molecule has 0 spiro atoms. The van der Waals surface area contributed by atoms with E-state index in [1.807, 2.05) is 49.6 Å². The number of benzene rings is 4. The Hall–Kier alpha value is -4.24. The van der Waals surface area contributed by atoms with Gasteiger partial charge < -0.3 is 4.57 Å². The minimum absolute atomic E-state index is 0.626. The summed E-state index contributed by atoms with van der Waals surface area (Å²) in [6.07, 6.45) is 4.84. The average molecular weight is 429 g/mol. The lowest BCUT2D eigenvalue weighted by molar-refractivity contribution is 0.112. The van der Waals surface area contributed by atoms with Crippen molar-refractivity contribution in [1.82, 2.24) is 9.55 Å². The van der Waals surface area contributed by atoms with Crippen molar-refractivity contribution in [3.63, 3.8) is 0 Å². The number of imidazole rings is 1. The second kappa shape index (κ2) is 8.71. The van der Waals surface area contributed by atoms with E-state index < -0.39 is 5.54 Å². The molecule has 5 aromatic rings. The number of aryl methyl sites for hydroxylation is 1. The summed E-state index contributed by atoms with van der Waals surface area (Å²) < 4.78 is 2.17. The van der Waals surface area contributed by atoms with Gasteiger partial charge in [-0.25, -0.2) is 4.98 Å². The van der Waals surface area contributed by atoms with Crippen LogP contribution < -0.4 is 0 Å². The highest BCUT2D eigenvalue weighted by Crippen LogP contribution is 2.41. The number of nitrogens with zero attached hydrogens (tertiary/aromatic N) is 2. The molecule has 0 saturated heterocycles. The molecule has 33 heavy (non-hydrogen) atoms. The van der Waals surface area contributed by atoms with Crippen molar-refractivity contribution in [3.8, 4) is 11.3 Å². The highest BCUT2D eigenvalue weighted by atomic mass is 16.1. The van der Waals surface area contributed by atoms with Crippen LogP contribution in [0.2, 0.25) is 0 Å². The summed E-state index contributed by atoms with van der Waals surface area (Å²) in [6, 6.07) is 37.2. The van der Waals surface area contributed by atoms with Crippen molar-refractivity contribution < 1.29 is 4.79 Å². The zero-order valence-electron chi connectivity index (χ0n) is 18.4.